The predicted octanol–water partition coefficient (Wildman–Crippen LogP) is 13.6. The van der Waals surface area contributed by atoms with E-state index in [0.717, 1.165) is 35.5 Å². The summed E-state index contributed by atoms with van der Waals surface area (Å²) in [6.45, 7) is 0. The molecule has 6 saturated carbocycles. The van der Waals surface area contributed by atoms with E-state index in [2.05, 4.69) is 144 Å². The van der Waals surface area contributed by atoms with Crippen LogP contribution in [0.2, 0.25) is 0 Å². The lowest BCUT2D eigenvalue weighted by molar-refractivity contribution is -0.0399. The van der Waals surface area contributed by atoms with E-state index in [4.69, 9.17) is 0 Å². The lowest BCUT2D eigenvalue weighted by atomic mass is 9.43. The van der Waals surface area contributed by atoms with E-state index in [9.17, 15) is 0 Å². The van der Waals surface area contributed by atoms with Crippen LogP contribution in [0.25, 0.3) is 33.4 Å². The van der Waals surface area contributed by atoms with E-state index in [-0.39, 0.29) is 10.8 Å². The first kappa shape index (κ1) is 30.4. The third kappa shape index (κ3) is 3.86. The smallest absolute Gasteiger partial charge is 0.0468 e. The van der Waals surface area contributed by atoms with Crippen molar-refractivity contribution < 1.29 is 0 Å². The molecule has 6 aromatic rings. The average molecular weight is 698 g/mol. The van der Waals surface area contributed by atoms with Crippen LogP contribution in [0.3, 0.4) is 0 Å². The van der Waals surface area contributed by atoms with Gasteiger partial charge in [0.05, 0.1) is 0 Å². The summed E-state index contributed by atoms with van der Waals surface area (Å²) in [5.74, 6) is 5.02. The van der Waals surface area contributed by atoms with E-state index in [0.29, 0.717) is 0 Å². The Balaban J connectivity index is 1.00. The van der Waals surface area contributed by atoms with Gasteiger partial charge in [-0.2, -0.15) is 0 Å². The van der Waals surface area contributed by atoms with Crippen molar-refractivity contribution in [3.63, 3.8) is 0 Å². The third-order valence-corrected chi connectivity index (χ3v) is 16.3. The van der Waals surface area contributed by atoms with Crippen LogP contribution in [0.5, 0.6) is 0 Å². The van der Waals surface area contributed by atoms with Gasteiger partial charge in [0.1, 0.15) is 0 Å². The van der Waals surface area contributed by atoms with E-state index in [1.54, 1.807) is 22.3 Å². The Bertz CT molecular complexity index is 2460. The molecule has 0 saturated heterocycles. The van der Waals surface area contributed by atoms with Crippen molar-refractivity contribution in [3.8, 4) is 33.4 Å². The van der Waals surface area contributed by atoms with Crippen LogP contribution in [-0.2, 0) is 10.8 Å². The standard InChI is InChI=1S/C53H47N/c1-2-8-36(9-3-1)37-15-18-41(19-16-37)54(42-21-23-49-47(30-42)45-11-4-6-12-48(45)52(49)32-33-14-17-38(52)25-33)43-20-22-46-44-10-5-7-13-50(44)53(51(46)31-43)39-26-34-24-35(28-39)29-40(53)27-34/h1-13,15-16,18-23,30-31,33-35,38-40H,14,17,24-29,32H2/t33?,34-,35?,38?,39-,40+,52-,53?/m1/s1. The molecule has 1 nitrogen and oxygen atoms in total. The highest BCUT2D eigenvalue weighted by atomic mass is 15.1. The maximum atomic E-state index is 2.67. The zero-order valence-electron chi connectivity index (χ0n) is 31.1. The van der Waals surface area contributed by atoms with Crippen LogP contribution in [0.4, 0.5) is 17.1 Å². The first-order chi connectivity index (χ1) is 26.7. The number of fused-ring (bicyclic) bond motifs is 11. The highest BCUT2D eigenvalue weighted by molar-refractivity contribution is 5.90. The van der Waals surface area contributed by atoms with Gasteiger partial charge in [-0.3, -0.25) is 0 Å². The lowest BCUT2D eigenvalue weighted by Gasteiger charge is -2.61. The zero-order chi connectivity index (χ0) is 35.2. The minimum atomic E-state index is 0.142. The SMILES string of the molecule is c1ccc(-c2ccc(N(c3ccc4c(c3)-c3ccccc3[C@]43CC4CCC3C4)c3ccc4c(c3)C3(c5ccccc5-4)[C@H]4CC5C[C@H](C4)C[C@H]3C5)cc2)cc1. The summed E-state index contributed by atoms with van der Waals surface area (Å²) in [4.78, 5) is 2.59. The molecule has 6 bridgehead atoms. The van der Waals surface area contributed by atoms with Crippen molar-refractivity contribution in [2.45, 2.75) is 68.6 Å². The average Bonchev–Trinajstić information content (AvgIpc) is 3.97. The normalized spacial score (nSPS) is 31.2. The van der Waals surface area contributed by atoms with Crippen molar-refractivity contribution in [1.82, 2.24) is 0 Å². The number of benzene rings is 6. The Labute approximate surface area is 320 Å². The molecule has 0 amide bonds. The van der Waals surface area contributed by atoms with E-state index >= 15 is 0 Å². The molecule has 0 aromatic heterocycles. The molecule has 8 aliphatic rings. The summed E-state index contributed by atoms with van der Waals surface area (Å²) in [6.07, 6.45) is 12.6. The minimum Gasteiger partial charge on any atom is -0.310 e. The first-order valence-corrected chi connectivity index (χ1v) is 21.1. The second kappa shape index (κ2) is 10.9. The van der Waals surface area contributed by atoms with Crippen molar-refractivity contribution in [3.05, 3.63) is 162 Å². The van der Waals surface area contributed by atoms with Gasteiger partial charge >= 0.3 is 0 Å². The molecule has 54 heavy (non-hydrogen) atoms. The Morgan fingerprint density at radius 3 is 1.69 bits per heavy atom. The van der Waals surface area contributed by atoms with Crippen molar-refractivity contribution >= 4 is 17.1 Å². The minimum absolute atomic E-state index is 0.142. The van der Waals surface area contributed by atoms with Gasteiger partial charge in [0.2, 0.25) is 0 Å². The Kier molecular flexibility index (Phi) is 6.13. The van der Waals surface area contributed by atoms with Gasteiger partial charge in [0.25, 0.3) is 0 Å². The summed E-state index contributed by atoms with van der Waals surface area (Å²) >= 11 is 0. The summed E-state index contributed by atoms with van der Waals surface area (Å²) in [5.41, 5.74) is 19.0. The second-order valence-corrected chi connectivity index (χ2v) is 18.5. The Hall–Kier alpha value is -4.88. The molecule has 6 aromatic carbocycles. The summed E-state index contributed by atoms with van der Waals surface area (Å²) < 4.78 is 0. The van der Waals surface area contributed by atoms with Gasteiger partial charge in [0.15, 0.2) is 0 Å². The van der Waals surface area contributed by atoms with E-state index in [1.807, 2.05) is 0 Å². The van der Waals surface area contributed by atoms with Crippen LogP contribution in [0.15, 0.2) is 140 Å². The van der Waals surface area contributed by atoms with Gasteiger partial charge < -0.3 is 4.90 Å². The van der Waals surface area contributed by atoms with Crippen molar-refractivity contribution in [2.24, 2.45) is 35.5 Å². The van der Waals surface area contributed by atoms with Crippen LogP contribution >= 0.6 is 0 Å². The number of hydrogen-bond acceptors (Lipinski definition) is 1. The molecular weight excluding hydrogens is 651 g/mol. The zero-order valence-corrected chi connectivity index (χ0v) is 31.1. The number of anilines is 3. The molecule has 264 valence electrons. The van der Waals surface area contributed by atoms with Crippen LogP contribution in [0.1, 0.15) is 80.0 Å². The summed E-state index contributed by atoms with van der Waals surface area (Å²) in [7, 11) is 0. The first-order valence-electron chi connectivity index (χ1n) is 21.1. The second-order valence-electron chi connectivity index (χ2n) is 18.5. The topological polar surface area (TPSA) is 3.24 Å². The van der Waals surface area contributed by atoms with Crippen LogP contribution in [-0.4, -0.2) is 0 Å². The molecule has 0 heterocycles. The molecule has 14 rings (SSSR count). The molecule has 2 unspecified atom stereocenters. The van der Waals surface area contributed by atoms with Crippen molar-refractivity contribution in [2.75, 3.05) is 4.90 Å². The van der Waals surface area contributed by atoms with Gasteiger partial charge in [-0.25, -0.2) is 0 Å². The molecule has 0 N–H and O–H groups in total. The lowest BCUT2D eigenvalue weighted by Crippen LogP contribution is -2.55. The van der Waals surface area contributed by atoms with Gasteiger partial charge in [-0.1, -0.05) is 110 Å². The van der Waals surface area contributed by atoms with E-state index < -0.39 is 0 Å². The molecular formula is C53H47N. The summed E-state index contributed by atoms with van der Waals surface area (Å²) in [6, 6.07) is 54.4. The highest BCUT2D eigenvalue weighted by Gasteiger charge is 2.62. The third-order valence-electron chi connectivity index (χ3n) is 16.3. The highest BCUT2D eigenvalue weighted by Crippen LogP contribution is 2.70. The number of nitrogens with zero attached hydrogens (tertiary/aromatic N) is 1. The van der Waals surface area contributed by atoms with Gasteiger partial charge in [-0.15, -0.1) is 0 Å². The van der Waals surface area contributed by atoms with Gasteiger partial charge in [-0.05, 0) is 179 Å². The molecule has 3 atom stereocenters. The van der Waals surface area contributed by atoms with Crippen LogP contribution < -0.4 is 4.90 Å². The monoisotopic (exact) mass is 697 g/mol. The van der Waals surface area contributed by atoms with E-state index in [1.165, 1.54) is 108 Å². The van der Waals surface area contributed by atoms with Crippen molar-refractivity contribution in [1.29, 1.82) is 0 Å². The fraction of sp³-hybridized carbons (Fsp3) is 0.321. The van der Waals surface area contributed by atoms with Crippen LogP contribution in [0, 0.1) is 35.5 Å². The number of rotatable bonds is 4. The maximum absolute atomic E-state index is 2.67. The molecule has 2 spiro atoms. The predicted molar refractivity (Wildman–Crippen MR) is 221 cm³/mol. The summed E-state index contributed by atoms with van der Waals surface area (Å²) in [5, 5.41) is 0. The number of hydrogen-bond donors (Lipinski definition) is 0. The Morgan fingerprint density at radius 1 is 0.389 bits per heavy atom. The molecule has 0 aliphatic heterocycles. The quantitative estimate of drug-likeness (QED) is 0.177. The Morgan fingerprint density at radius 2 is 0.963 bits per heavy atom. The van der Waals surface area contributed by atoms with Gasteiger partial charge in [0, 0.05) is 27.9 Å². The largest absolute Gasteiger partial charge is 0.310 e. The maximum Gasteiger partial charge on any atom is 0.0468 e. The molecule has 0 radical (unpaired) electrons. The molecule has 8 aliphatic carbocycles. The molecule has 1 heteroatoms. The fourth-order valence-electron chi connectivity index (χ4n) is 14.7. The fourth-order valence-corrected chi connectivity index (χ4v) is 14.7. The molecule has 6 fully saturated rings.